The zero-order valence-corrected chi connectivity index (χ0v) is 13.3. The minimum absolute atomic E-state index is 1.10. The highest BCUT2D eigenvalue weighted by molar-refractivity contribution is 5.22. The lowest BCUT2D eigenvalue weighted by molar-refractivity contribution is 0.148. The van der Waals surface area contributed by atoms with Gasteiger partial charge in [0.25, 0.3) is 0 Å². The molecule has 0 atom stereocenters. The molecule has 0 saturated carbocycles. The first-order chi connectivity index (χ1) is 9.63. The third-order valence-electron chi connectivity index (χ3n) is 4.10. The van der Waals surface area contributed by atoms with Crippen molar-refractivity contribution in [2.45, 2.75) is 19.4 Å². The van der Waals surface area contributed by atoms with Crippen molar-refractivity contribution in [2.24, 2.45) is 0 Å². The summed E-state index contributed by atoms with van der Waals surface area (Å²) in [5.41, 5.74) is 2.92. The molecule has 1 aromatic carbocycles. The molecule has 1 fully saturated rings. The van der Waals surface area contributed by atoms with Gasteiger partial charge in [0.05, 0.1) is 0 Å². The molecule has 1 aliphatic heterocycles. The Morgan fingerprint density at radius 2 is 1.55 bits per heavy atom. The highest BCUT2D eigenvalue weighted by Crippen LogP contribution is 2.11. The molecular weight excluding hydrogens is 246 g/mol. The molecule has 0 amide bonds. The number of rotatable bonds is 6. The van der Waals surface area contributed by atoms with Crippen molar-refractivity contribution in [1.82, 2.24) is 14.7 Å². The third kappa shape index (κ3) is 5.23. The molecule has 0 aromatic heterocycles. The van der Waals surface area contributed by atoms with E-state index < -0.39 is 0 Å². The summed E-state index contributed by atoms with van der Waals surface area (Å²) in [6.45, 7) is 7.06. The molecule has 3 heteroatoms. The monoisotopic (exact) mass is 275 g/mol. The maximum absolute atomic E-state index is 2.56. The molecular formula is C17H29N3. The van der Waals surface area contributed by atoms with Crippen LogP contribution in [0.2, 0.25) is 0 Å². The van der Waals surface area contributed by atoms with Crippen molar-refractivity contribution in [3.05, 3.63) is 35.4 Å². The van der Waals surface area contributed by atoms with Crippen molar-refractivity contribution in [1.29, 1.82) is 0 Å². The van der Waals surface area contributed by atoms with E-state index in [1.807, 2.05) is 0 Å². The predicted octanol–water partition coefficient (Wildman–Crippen LogP) is 1.93. The molecule has 0 bridgehead atoms. The summed E-state index contributed by atoms with van der Waals surface area (Å²) in [4.78, 5) is 7.22. The SMILES string of the molecule is CN(C)CCCc1ccc(CN2CCN(C)CC2)cc1. The van der Waals surface area contributed by atoms with Crippen molar-refractivity contribution < 1.29 is 0 Å². The number of nitrogens with zero attached hydrogens (tertiary/aromatic N) is 3. The van der Waals surface area contributed by atoms with Gasteiger partial charge in [0.1, 0.15) is 0 Å². The summed E-state index contributed by atoms with van der Waals surface area (Å²) in [5.74, 6) is 0. The van der Waals surface area contributed by atoms with E-state index in [-0.39, 0.29) is 0 Å². The van der Waals surface area contributed by atoms with Gasteiger partial charge in [-0.3, -0.25) is 4.90 Å². The van der Waals surface area contributed by atoms with Gasteiger partial charge in [0.2, 0.25) is 0 Å². The van der Waals surface area contributed by atoms with Gasteiger partial charge in [-0.05, 0) is 51.7 Å². The van der Waals surface area contributed by atoms with Gasteiger partial charge in [0, 0.05) is 32.7 Å². The number of hydrogen-bond donors (Lipinski definition) is 0. The molecule has 1 aromatic rings. The fraction of sp³-hybridized carbons (Fsp3) is 0.647. The van der Waals surface area contributed by atoms with Crippen molar-refractivity contribution in [3.8, 4) is 0 Å². The maximum atomic E-state index is 2.56. The molecule has 0 unspecified atom stereocenters. The van der Waals surface area contributed by atoms with Gasteiger partial charge >= 0.3 is 0 Å². The number of likely N-dealkylation sites (N-methyl/N-ethyl adjacent to an activating group) is 1. The van der Waals surface area contributed by atoms with Crippen LogP contribution >= 0.6 is 0 Å². The number of aryl methyl sites for hydroxylation is 1. The van der Waals surface area contributed by atoms with E-state index in [0.29, 0.717) is 0 Å². The molecule has 3 nitrogen and oxygen atoms in total. The average molecular weight is 275 g/mol. The zero-order chi connectivity index (χ0) is 14.4. The van der Waals surface area contributed by atoms with Gasteiger partial charge in [-0.2, -0.15) is 0 Å². The lowest BCUT2D eigenvalue weighted by atomic mass is 10.1. The molecule has 0 spiro atoms. The fourth-order valence-electron chi connectivity index (χ4n) is 2.67. The minimum Gasteiger partial charge on any atom is -0.309 e. The van der Waals surface area contributed by atoms with E-state index in [9.17, 15) is 0 Å². The summed E-state index contributed by atoms with van der Waals surface area (Å²) in [7, 11) is 6.48. The molecule has 1 aliphatic rings. The third-order valence-corrected chi connectivity index (χ3v) is 4.10. The van der Waals surface area contributed by atoms with Gasteiger partial charge in [-0.15, -0.1) is 0 Å². The van der Waals surface area contributed by atoms with Gasteiger partial charge < -0.3 is 9.80 Å². The lowest BCUT2D eigenvalue weighted by Crippen LogP contribution is -2.43. The summed E-state index contributed by atoms with van der Waals surface area (Å²) < 4.78 is 0. The molecule has 0 aliphatic carbocycles. The van der Waals surface area contributed by atoms with E-state index in [0.717, 1.165) is 6.54 Å². The molecule has 1 heterocycles. The van der Waals surface area contributed by atoms with E-state index in [2.05, 4.69) is 60.1 Å². The van der Waals surface area contributed by atoms with E-state index >= 15 is 0 Å². The second-order valence-corrected chi connectivity index (χ2v) is 6.30. The fourth-order valence-corrected chi connectivity index (χ4v) is 2.67. The quantitative estimate of drug-likeness (QED) is 0.785. The minimum atomic E-state index is 1.10. The van der Waals surface area contributed by atoms with Crippen LogP contribution in [-0.2, 0) is 13.0 Å². The molecule has 20 heavy (non-hydrogen) atoms. The molecule has 112 valence electrons. The van der Waals surface area contributed by atoms with Crippen LogP contribution in [-0.4, -0.2) is 68.6 Å². The topological polar surface area (TPSA) is 9.72 Å². The van der Waals surface area contributed by atoms with Crippen molar-refractivity contribution >= 4 is 0 Å². The van der Waals surface area contributed by atoms with Crippen LogP contribution in [0.15, 0.2) is 24.3 Å². The van der Waals surface area contributed by atoms with E-state index in [1.165, 1.54) is 56.7 Å². The smallest absolute Gasteiger partial charge is 0.0234 e. The lowest BCUT2D eigenvalue weighted by Gasteiger charge is -2.32. The normalized spacial score (nSPS) is 17.8. The van der Waals surface area contributed by atoms with Crippen LogP contribution in [0.1, 0.15) is 17.5 Å². The maximum Gasteiger partial charge on any atom is 0.0234 e. The summed E-state index contributed by atoms with van der Waals surface area (Å²) in [6.07, 6.45) is 2.43. The van der Waals surface area contributed by atoms with Crippen LogP contribution in [0.5, 0.6) is 0 Å². The standard InChI is InChI=1S/C17H29N3/c1-18(2)10-4-5-16-6-8-17(9-7-16)15-20-13-11-19(3)12-14-20/h6-9H,4-5,10-15H2,1-3H3. The first-order valence-corrected chi connectivity index (χ1v) is 7.77. The Morgan fingerprint density at radius 3 is 2.15 bits per heavy atom. The Labute approximate surface area is 124 Å². The Bertz CT molecular complexity index is 378. The average Bonchev–Trinajstić information content (AvgIpc) is 2.43. The Morgan fingerprint density at radius 1 is 0.950 bits per heavy atom. The number of benzene rings is 1. The number of hydrogen-bond acceptors (Lipinski definition) is 3. The van der Waals surface area contributed by atoms with E-state index in [4.69, 9.17) is 0 Å². The predicted molar refractivity (Wildman–Crippen MR) is 86.1 cm³/mol. The van der Waals surface area contributed by atoms with Gasteiger partial charge in [-0.1, -0.05) is 24.3 Å². The van der Waals surface area contributed by atoms with Crippen LogP contribution in [0.3, 0.4) is 0 Å². The van der Waals surface area contributed by atoms with Crippen LogP contribution < -0.4 is 0 Å². The summed E-state index contributed by atoms with van der Waals surface area (Å²) >= 11 is 0. The summed E-state index contributed by atoms with van der Waals surface area (Å²) in [5, 5.41) is 0. The molecule has 1 saturated heterocycles. The Kier molecular flexibility index (Phi) is 6.02. The van der Waals surface area contributed by atoms with Crippen molar-refractivity contribution in [3.63, 3.8) is 0 Å². The van der Waals surface area contributed by atoms with Crippen LogP contribution in [0.25, 0.3) is 0 Å². The zero-order valence-electron chi connectivity index (χ0n) is 13.3. The van der Waals surface area contributed by atoms with Crippen molar-refractivity contribution in [2.75, 3.05) is 53.9 Å². The van der Waals surface area contributed by atoms with Gasteiger partial charge in [0.15, 0.2) is 0 Å². The Hall–Kier alpha value is -0.900. The summed E-state index contributed by atoms with van der Waals surface area (Å²) in [6, 6.07) is 9.23. The van der Waals surface area contributed by atoms with E-state index in [1.54, 1.807) is 0 Å². The van der Waals surface area contributed by atoms with Crippen LogP contribution in [0, 0.1) is 0 Å². The highest BCUT2D eigenvalue weighted by Gasteiger charge is 2.13. The first-order valence-electron chi connectivity index (χ1n) is 7.77. The highest BCUT2D eigenvalue weighted by atomic mass is 15.2. The molecule has 0 radical (unpaired) electrons. The van der Waals surface area contributed by atoms with Gasteiger partial charge in [-0.25, -0.2) is 0 Å². The first kappa shape index (κ1) is 15.5. The second kappa shape index (κ2) is 7.77. The second-order valence-electron chi connectivity index (χ2n) is 6.30. The van der Waals surface area contributed by atoms with Crippen LogP contribution in [0.4, 0.5) is 0 Å². The Balaban J connectivity index is 1.76. The number of piperazine rings is 1. The molecule has 2 rings (SSSR count). The molecule has 0 N–H and O–H groups in total. The largest absolute Gasteiger partial charge is 0.309 e.